The lowest BCUT2D eigenvalue weighted by atomic mass is 10.1. The van der Waals surface area contributed by atoms with Gasteiger partial charge >= 0.3 is 0 Å². The molecule has 0 fully saturated rings. The van der Waals surface area contributed by atoms with E-state index in [2.05, 4.69) is 46.5 Å². The molecule has 6 heteroatoms. The Bertz CT molecular complexity index is 667. The summed E-state index contributed by atoms with van der Waals surface area (Å²) in [5.74, 6) is 0. The fraction of sp³-hybridized carbons (Fsp3) is 0.214. The quantitative estimate of drug-likeness (QED) is 0.507. The van der Waals surface area contributed by atoms with Crippen molar-refractivity contribution >= 4 is 53.2 Å². The summed E-state index contributed by atoms with van der Waals surface area (Å²) in [6.07, 6.45) is 1.82. The Hall–Kier alpha value is -0.620. The maximum Gasteiger partial charge on any atom is 0.263 e. The predicted octanol–water partition coefficient (Wildman–Crippen LogP) is 5.34. The summed E-state index contributed by atoms with van der Waals surface area (Å²) >= 11 is 9.61. The smallest absolute Gasteiger partial charge is 0.263 e. The largest absolute Gasteiger partial charge is 0.351 e. The van der Waals surface area contributed by atoms with Crippen molar-refractivity contribution in [2.24, 2.45) is 0 Å². The molecule has 2 aromatic rings. The highest BCUT2D eigenvalue weighted by Crippen LogP contribution is 2.37. The van der Waals surface area contributed by atoms with Crippen molar-refractivity contribution in [3.63, 3.8) is 0 Å². The molecule has 20 heavy (non-hydrogen) atoms. The second-order valence-corrected chi connectivity index (χ2v) is 7.63. The van der Waals surface area contributed by atoms with Gasteiger partial charge in [-0.1, -0.05) is 56.1 Å². The molecule has 0 N–H and O–H groups in total. The highest BCUT2D eigenvalue weighted by molar-refractivity contribution is 9.10. The van der Waals surface area contributed by atoms with E-state index in [4.69, 9.17) is 11.6 Å². The van der Waals surface area contributed by atoms with Crippen LogP contribution in [0.3, 0.4) is 0 Å². The van der Waals surface area contributed by atoms with Crippen LogP contribution in [0.4, 0.5) is 5.00 Å². The van der Waals surface area contributed by atoms with Crippen molar-refractivity contribution in [2.45, 2.75) is 13.0 Å². The fourth-order valence-corrected chi connectivity index (χ4v) is 5.08. The fourth-order valence-electron chi connectivity index (χ4n) is 1.91. The van der Waals surface area contributed by atoms with E-state index in [1.807, 2.05) is 18.2 Å². The lowest BCUT2D eigenvalue weighted by molar-refractivity contribution is 0.714. The van der Waals surface area contributed by atoms with Gasteiger partial charge in [-0.05, 0) is 35.0 Å². The van der Waals surface area contributed by atoms with E-state index >= 15 is 0 Å². The van der Waals surface area contributed by atoms with Crippen molar-refractivity contribution in [1.29, 1.82) is 0 Å². The van der Waals surface area contributed by atoms with Crippen LogP contribution in [0.15, 0.2) is 46.2 Å². The van der Waals surface area contributed by atoms with Crippen LogP contribution in [-0.4, -0.2) is 6.54 Å². The summed E-state index contributed by atoms with van der Waals surface area (Å²) < 4.78 is 0.951. The summed E-state index contributed by atoms with van der Waals surface area (Å²) in [4.78, 5) is 13.7. The second-order valence-electron chi connectivity index (χ2n) is 4.25. The van der Waals surface area contributed by atoms with Crippen LogP contribution in [-0.2, 0) is 0 Å². The zero-order valence-electron chi connectivity index (χ0n) is 10.8. The lowest BCUT2D eigenvalue weighted by Gasteiger charge is -2.29. The number of hydrogen-bond acceptors (Lipinski definition) is 4. The number of benzene rings is 1. The number of hydrogen-bond donors (Lipinski definition) is 0. The van der Waals surface area contributed by atoms with Crippen molar-refractivity contribution in [1.82, 2.24) is 0 Å². The highest BCUT2D eigenvalue weighted by Gasteiger charge is 2.21. The molecule has 0 saturated carbocycles. The molecule has 1 aromatic heterocycles. The van der Waals surface area contributed by atoms with E-state index in [1.165, 1.54) is 20.7 Å². The molecule has 0 saturated heterocycles. The normalized spacial score (nSPS) is 12.2. The molecule has 0 spiro atoms. The van der Waals surface area contributed by atoms with E-state index in [9.17, 15) is 4.79 Å². The van der Waals surface area contributed by atoms with Crippen molar-refractivity contribution < 1.29 is 0 Å². The average molecular weight is 391 g/mol. The van der Waals surface area contributed by atoms with Crippen LogP contribution in [0.2, 0.25) is 5.02 Å². The minimum atomic E-state index is -0.0813. The molecule has 0 bridgehead atoms. The summed E-state index contributed by atoms with van der Waals surface area (Å²) in [5, 5.41) is 1.12. The van der Waals surface area contributed by atoms with Gasteiger partial charge in [0.25, 0.3) is 4.74 Å². The van der Waals surface area contributed by atoms with Crippen LogP contribution >= 0.6 is 48.2 Å². The van der Waals surface area contributed by atoms with Crippen molar-refractivity contribution in [3.8, 4) is 0 Å². The van der Waals surface area contributed by atoms with Crippen LogP contribution < -0.4 is 9.64 Å². The zero-order valence-corrected chi connectivity index (χ0v) is 14.8. The SMILES string of the molecule is C=CCN(c1ssc(=O)c1Cl)C(C)c1cccc(Br)c1. The highest BCUT2D eigenvalue weighted by atomic mass is 79.9. The number of nitrogens with zero attached hydrogens (tertiary/aromatic N) is 1. The Labute approximate surface area is 138 Å². The molecule has 0 aliphatic carbocycles. The predicted molar refractivity (Wildman–Crippen MR) is 93.6 cm³/mol. The molecule has 2 rings (SSSR count). The van der Waals surface area contributed by atoms with E-state index in [1.54, 1.807) is 0 Å². The Morgan fingerprint density at radius 1 is 1.50 bits per heavy atom. The summed E-state index contributed by atoms with van der Waals surface area (Å²) in [6.45, 7) is 6.52. The van der Waals surface area contributed by atoms with Crippen LogP contribution in [0, 0.1) is 0 Å². The molecule has 2 nitrogen and oxygen atoms in total. The summed E-state index contributed by atoms with van der Waals surface area (Å²) in [6, 6.07) is 8.23. The minimum absolute atomic E-state index is 0.0813. The topological polar surface area (TPSA) is 20.3 Å². The van der Waals surface area contributed by atoms with Crippen LogP contribution in [0.25, 0.3) is 0 Å². The van der Waals surface area contributed by atoms with Crippen LogP contribution in [0.5, 0.6) is 0 Å². The first-order valence-corrected chi connectivity index (χ1v) is 9.28. The first-order valence-electron chi connectivity index (χ1n) is 5.96. The first kappa shape index (κ1) is 15.8. The van der Waals surface area contributed by atoms with Crippen molar-refractivity contribution in [2.75, 3.05) is 11.4 Å². The average Bonchev–Trinajstić information content (AvgIpc) is 2.76. The van der Waals surface area contributed by atoms with Gasteiger partial charge in [-0.2, -0.15) is 0 Å². The van der Waals surface area contributed by atoms with Crippen molar-refractivity contribution in [3.05, 3.63) is 61.5 Å². The molecule has 0 radical (unpaired) electrons. The zero-order chi connectivity index (χ0) is 14.7. The van der Waals surface area contributed by atoms with Gasteiger partial charge in [0.1, 0.15) is 10.0 Å². The van der Waals surface area contributed by atoms with Gasteiger partial charge in [-0.3, -0.25) is 4.79 Å². The third-order valence-corrected chi connectivity index (χ3v) is 6.23. The molecular weight excluding hydrogens is 378 g/mol. The first-order chi connectivity index (χ1) is 9.54. The Kier molecular flexibility index (Phi) is 5.43. The maximum atomic E-state index is 11.6. The van der Waals surface area contributed by atoms with Gasteiger partial charge in [-0.15, -0.1) is 6.58 Å². The molecule has 106 valence electrons. The third kappa shape index (κ3) is 3.34. The van der Waals surface area contributed by atoms with Crippen LogP contribution in [0.1, 0.15) is 18.5 Å². The van der Waals surface area contributed by atoms with Gasteiger partial charge < -0.3 is 4.90 Å². The second kappa shape index (κ2) is 6.89. The van der Waals surface area contributed by atoms with E-state index < -0.39 is 0 Å². The summed E-state index contributed by atoms with van der Waals surface area (Å²) in [5.41, 5.74) is 1.16. The molecule has 0 aliphatic rings. The Morgan fingerprint density at radius 2 is 2.25 bits per heavy atom. The Morgan fingerprint density at radius 3 is 2.80 bits per heavy atom. The maximum absolute atomic E-state index is 11.6. The van der Waals surface area contributed by atoms with Gasteiger partial charge in [0.2, 0.25) is 0 Å². The number of rotatable bonds is 5. The van der Waals surface area contributed by atoms with E-state index in [-0.39, 0.29) is 10.8 Å². The molecule has 0 aliphatic heterocycles. The number of anilines is 1. The third-order valence-electron chi connectivity index (χ3n) is 2.95. The molecule has 1 unspecified atom stereocenters. The lowest BCUT2D eigenvalue weighted by Crippen LogP contribution is -2.26. The monoisotopic (exact) mass is 389 g/mol. The number of halogens is 2. The molecule has 1 atom stereocenters. The molecule has 1 aromatic carbocycles. The van der Waals surface area contributed by atoms with Gasteiger partial charge in [0.15, 0.2) is 0 Å². The van der Waals surface area contributed by atoms with E-state index in [0.717, 1.165) is 15.0 Å². The van der Waals surface area contributed by atoms with Gasteiger partial charge in [0, 0.05) is 11.0 Å². The standard InChI is InChI=1S/C14H13BrClNOS2/c1-3-7-17(13-12(16)14(18)20-19-13)9(2)10-5-4-6-11(15)8-10/h3-6,8-9H,1,7H2,2H3. The Balaban J connectivity index is 2.40. The molecular formula is C14H13BrClNOS2. The summed E-state index contributed by atoms with van der Waals surface area (Å²) in [7, 11) is 2.58. The van der Waals surface area contributed by atoms with E-state index in [0.29, 0.717) is 11.6 Å². The molecule has 0 amide bonds. The minimum Gasteiger partial charge on any atom is -0.351 e. The van der Waals surface area contributed by atoms with Gasteiger partial charge in [-0.25, -0.2) is 0 Å². The van der Waals surface area contributed by atoms with Gasteiger partial charge in [0.05, 0.1) is 6.04 Å². The molecule has 1 heterocycles.